The summed E-state index contributed by atoms with van der Waals surface area (Å²) in [5.74, 6) is 1.25. The maximum absolute atomic E-state index is 9.28. The Morgan fingerprint density at radius 2 is 2.00 bits per heavy atom. The van der Waals surface area contributed by atoms with Crippen LogP contribution in [-0.4, -0.2) is 77.0 Å². The molecule has 0 bridgehead atoms. The minimum atomic E-state index is -0.121. The van der Waals surface area contributed by atoms with E-state index >= 15 is 0 Å². The fourth-order valence-electron chi connectivity index (χ4n) is 2.71. The second-order valence-electron chi connectivity index (χ2n) is 6.31. The third-order valence-corrected chi connectivity index (χ3v) is 4.19. The quantitative estimate of drug-likeness (QED) is 0.645. The molecule has 0 amide bonds. The monoisotopic (exact) mass is 358 g/mol. The van der Waals surface area contributed by atoms with E-state index in [4.69, 9.17) is 4.74 Å². The van der Waals surface area contributed by atoms with Crippen LogP contribution in [0.4, 0.5) is 11.8 Å². The van der Waals surface area contributed by atoms with Crippen molar-refractivity contribution in [3.63, 3.8) is 0 Å². The highest BCUT2D eigenvalue weighted by atomic mass is 16.5. The molecule has 8 heteroatoms. The SMILES string of the molecule is C[C@H](CO)Nc1nc(NCCN2CCOCC2)cc(-c2ccncc2)n1. The molecule has 1 aliphatic heterocycles. The number of nitrogens with one attached hydrogen (secondary N) is 2. The number of morpholine rings is 1. The van der Waals surface area contributed by atoms with Crippen molar-refractivity contribution in [2.75, 3.05) is 56.6 Å². The van der Waals surface area contributed by atoms with E-state index in [-0.39, 0.29) is 12.6 Å². The van der Waals surface area contributed by atoms with Crippen molar-refractivity contribution in [2.24, 2.45) is 0 Å². The van der Waals surface area contributed by atoms with E-state index in [1.807, 2.05) is 25.1 Å². The lowest BCUT2D eigenvalue weighted by molar-refractivity contribution is 0.0398. The first kappa shape index (κ1) is 18.5. The van der Waals surface area contributed by atoms with E-state index in [0.717, 1.165) is 56.5 Å². The highest BCUT2D eigenvalue weighted by molar-refractivity contribution is 5.63. The molecule has 0 spiro atoms. The predicted molar refractivity (Wildman–Crippen MR) is 101 cm³/mol. The van der Waals surface area contributed by atoms with Gasteiger partial charge in [0.1, 0.15) is 5.82 Å². The first-order chi connectivity index (χ1) is 12.7. The Kier molecular flexibility index (Phi) is 6.70. The lowest BCUT2D eigenvalue weighted by Gasteiger charge is -2.26. The Morgan fingerprint density at radius 1 is 1.23 bits per heavy atom. The Hall–Kier alpha value is -2.29. The zero-order valence-corrected chi connectivity index (χ0v) is 15.1. The Bertz CT molecular complexity index is 679. The van der Waals surface area contributed by atoms with Gasteiger partial charge in [-0.3, -0.25) is 9.88 Å². The van der Waals surface area contributed by atoms with E-state index in [0.29, 0.717) is 5.95 Å². The largest absolute Gasteiger partial charge is 0.394 e. The molecule has 8 nitrogen and oxygen atoms in total. The van der Waals surface area contributed by atoms with Crippen LogP contribution in [0.1, 0.15) is 6.92 Å². The molecule has 0 aliphatic carbocycles. The van der Waals surface area contributed by atoms with Crippen molar-refractivity contribution in [3.8, 4) is 11.3 Å². The second-order valence-corrected chi connectivity index (χ2v) is 6.31. The van der Waals surface area contributed by atoms with Gasteiger partial charge in [0.25, 0.3) is 0 Å². The van der Waals surface area contributed by atoms with Crippen LogP contribution in [0.2, 0.25) is 0 Å². The van der Waals surface area contributed by atoms with Gasteiger partial charge < -0.3 is 20.5 Å². The molecular formula is C18H26N6O2. The van der Waals surface area contributed by atoms with Crippen LogP contribution in [0.25, 0.3) is 11.3 Å². The van der Waals surface area contributed by atoms with Crippen LogP contribution in [0.5, 0.6) is 0 Å². The highest BCUT2D eigenvalue weighted by Gasteiger charge is 2.11. The normalized spacial score (nSPS) is 16.2. The molecule has 3 N–H and O–H groups in total. The average Bonchev–Trinajstić information content (AvgIpc) is 2.69. The number of ether oxygens (including phenoxy) is 1. The van der Waals surface area contributed by atoms with Gasteiger partial charge in [-0.25, -0.2) is 4.98 Å². The van der Waals surface area contributed by atoms with Gasteiger partial charge in [-0.15, -0.1) is 0 Å². The fourth-order valence-corrected chi connectivity index (χ4v) is 2.71. The summed E-state index contributed by atoms with van der Waals surface area (Å²) in [4.78, 5) is 15.5. The Balaban J connectivity index is 1.71. The Labute approximate surface area is 153 Å². The van der Waals surface area contributed by atoms with Gasteiger partial charge in [0, 0.05) is 56.2 Å². The second kappa shape index (κ2) is 9.42. The van der Waals surface area contributed by atoms with E-state index < -0.39 is 0 Å². The van der Waals surface area contributed by atoms with Crippen molar-refractivity contribution in [3.05, 3.63) is 30.6 Å². The summed E-state index contributed by atoms with van der Waals surface area (Å²) in [5, 5.41) is 15.8. The van der Waals surface area contributed by atoms with Crippen molar-refractivity contribution in [2.45, 2.75) is 13.0 Å². The fraction of sp³-hybridized carbons (Fsp3) is 0.500. The van der Waals surface area contributed by atoms with Crippen molar-refractivity contribution >= 4 is 11.8 Å². The van der Waals surface area contributed by atoms with Crippen LogP contribution < -0.4 is 10.6 Å². The maximum Gasteiger partial charge on any atom is 0.225 e. The van der Waals surface area contributed by atoms with E-state index in [1.165, 1.54) is 0 Å². The molecule has 3 rings (SSSR count). The van der Waals surface area contributed by atoms with Crippen LogP contribution >= 0.6 is 0 Å². The van der Waals surface area contributed by atoms with Gasteiger partial charge in [-0.05, 0) is 19.1 Å². The van der Waals surface area contributed by atoms with Gasteiger partial charge in [0.05, 0.1) is 25.5 Å². The number of hydrogen-bond acceptors (Lipinski definition) is 8. The lowest BCUT2D eigenvalue weighted by atomic mass is 10.2. The molecule has 0 radical (unpaired) electrons. The summed E-state index contributed by atoms with van der Waals surface area (Å²) in [6.07, 6.45) is 3.48. The maximum atomic E-state index is 9.28. The van der Waals surface area contributed by atoms with Crippen molar-refractivity contribution < 1.29 is 9.84 Å². The number of anilines is 2. The van der Waals surface area contributed by atoms with Gasteiger partial charge in [0.2, 0.25) is 5.95 Å². The molecule has 1 fully saturated rings. The van der Waals surface area contributed by atoms with E-state index in [1.54, 1.807) is 12.4 Å². The number of aromatic nitrogens is 3. The number of pyridine rings is 1. The van der Waals surface area contributed by atoms with Crippen LogP contribution in [-0.2, 0) is 4.74 Å². The van der Waals surface area contributed by atoms with Crippen molar-refractivity contribution in [1.29, 1.82) is 0 Å². The highest BCUT2D eigenvalue weighted by Crippen LogP contribution is 2.21. The van der Waals surface area contributed by atoms with E-state index in [2.05, 4.69) is 30.5 Å². The molecule has 2 aromatic heterocycles. The summed E-state index contributed by atoms with van der Waals surface area (Å²) in [6.45, 7) is 7.16. The summed E-state index contributed by atoms with van der Waals surface area (Å²) in [5.41, 5.74) is 1.78. The molecule has 140 valence electrons. The summed E-state index contributed by atoms with van der Waals surface area (Å²) < 4.78 is 5.38. The van der Waals surface area contributed by atoms with Crippen LogP contribution in [0.3, 0.4) is 0 Å². The minimum absolute atomic E-state index is 0.0165. The third kappa shape index (κ3) is 5.35. The predicted octanol–water partition coefficient (Wildman–Crippen LogP) is 1.08. The summed E-state index contributed by atoms with van der Waals surface area (Å²) in [7, 11) is 0. The standard InChI is InChI=1S/C18H26N6O2/c1-14(13-25)21-18-22-16(15-2-4-19-5-3-15)12-17(23-18)20-6-7-24-8-10-26-11-9-24/h2-5,12,14,25H,6-11,13H2,1H3,(H2,20,21,22,23)/t14-/m1/s1. The molecule has 3 heterocycles. The van der Waals surface area contributed by atoms with Gasteiger partial charge in [0.15, 0.2) is 0 Å². The molecule has 1 atom stereocenters. The van der Waals surface area contributed by atoms with Crippen LogP contribution in [0, 0.1) is 0 Å². The van der Waals surface area contributed by atoms with Gasteiger partial charge >= 0.3 is 0 Å². The molecule has 26 heavy (non-hydrogen) atoms. The number of nitrogens with zero attached hydrogens (tertiary/aromatic N) is 4. The van der Waals surface area contributed by atoms with Gasteiger partial charge in [-0.2, -0.15) is 4.98 Å². The van der Waals surface area contributed by atoms with Crippen LogP contribution in [0.15, 0.2) is 30.6 Å². The summed E-state index contributed by atoms with van der Waals surface area (Å²) >= 11 is 0. The molecule has 0 saturated carbocycles. The molecule has 1 aliphatic rings. The summed E-state index contributed by atoms with van der Waals surface area (Å²) in [6, 6.07) is 5.64. The van der Waals surface area contributed by atoms with Gasteiger partial charge in [-0.1, -0.05) is 0 Å². The zero-order chi connectivity index (χ0) is 18.2. The number of hydrogen-bond donors (Lipinski definition) is 3. The molecule has 2 aromatic rings. The molecular weight excluding hydrogens is 332 g/mol. The average molecular weight is 358 g/mol. The van der Waals surface area contributed by atoms with Crippen molar-refractivity contribution in [1.82, 2.24) is 19.9 Å². The number of aliphatic hydroxyl groups excluding tert-OH is 1. The minimum Gasteiger partial charge on any atom is -0.394 e. The first-order valence-electron chi connectivity index (χ1n) is 8.95. The van der Waals surface area contributed by atoms with E-state index in [9.17, 15) is 5.11 Å². The first-order valence-corrected chi connectivity index (χ1v) is 8.95. The molecule has 0 unspecified atom stereocenters. The topological polar surface area (TPSA) is 95.4 Å². The third-order valence-electron chi connectivity index (χ3n) is 4.19. The molecule has 1 saturated heterocycles. The zero-order valence-electron chi connectivity index (χ0n) is 15.1. The lowest BCUT2D eigenvalue weighted by Crippen LogP contribution is -2.39. The smallest absolute Gasteiger partial charge is 0.225 e. The number of rotatable bonds is 8. The number of aliphatic hydroxyl groups is 1. The Morgan fingerprint density at radius 3 is 2.73 bits per heavy atom. The molecule has 0 aromatic carbocycles.